The summed E-state index contributed by atoms with van der Waals surface area (Å²) in [6.45, 7) is 0.614. The van der Waals surface area contributed by atoms with Gasteiger partial charge in [0, 0.05) is 29.7 Å². The van der Waals surface area contributed by atoms with E-state index in [1.807, 2.05) is 42.3 Å². The Hall–Kier alpha value is -1.59. The molecule has 0 unspecified atom stereocenters. The summed E-state index contributed by atoms with van der Waals surface area (Å²) in [5.74, 6) is 0.710. The summed E-state index contributed by atoms with van der Waals surface area (Å²) in [5.41, 5.74) is 1.76. The molecular weight excluding hydrogens is 306 g/mol. The molecule has 6 heteroatoms. The van der Waals surface area contributed by atoms with Gasteiger partial charge < -0.3 is 14.7 Å². The lowest BCUT2D eigenvalue weighted by molar-refractivity contribution is 0.401. The topological polar surface area (TPSA) is 41.3 Å². The normalized spacial score (nSPS) is 14.0. The first-order valence-electron chi connectivity index (χ1n) is 6.85. The molecule has 21 heavy (non-hydrogen) atoms. The fourth-order valence-electron chi connectivity index (χ4n) is 1.99. The zero-order valence-electron chi connectivity index (χ0n) is 11.7. The third-order valence-corrected chi connectivity index (χ3v) is 3.98. The number of hydrogen-bond donors (Lipinski definition) is 1. The van der Waals surface area contributed by atoms with Gasteiger partial charge in [-0.25, -0.2) is 0 Å². The summed E-state index contributed by atoms with van der Waals surface area (Å²) in [5, 5.41) is 8.83. The van der Waals surface area contributed by atoms with Crippen LogP contribution in [0.15, 0.2) is 34.9 Å². The second kappa shape index (κ2) is 6.03. The molecule has 0 spiro atoms. The van der Waals surface area contributed by atoms with Crippen LogP contribution in [0.3, 0.4) is 0 Å². The quantitative estimate of drug-likeness (QED) is 0.873. The minimum absolute atomic E-state index is 0.555. The van der Waals surface area contributed by atoms with Gasteiger partial charge in [0.15, 0.2) is 10.9 Å². The summed E-state index contributed by atoms with van der Waals surface area (Å²) in [4.78, 5) is 1.97. The van der Waals surface area contributed by atoms with Crippen LogP contribution in [0.1, 0.15) is 18.5 Å². The van der Waals surface area contributed by atoms with Gasteiger partial charge in [-0.15, -0.1) is 0 Å². The molecule has 1 aromatic heterocycles. The maximum atomic E-state index is 5.99. The molecule has 1 heterocycles. The standard InChI is InChI=1S/C15H16ClN3OS/c1-19(15(21)17-12-5-6-12)9-13-8-14(20-18-13)10-3-2-4-11(16)7-10/h2-4,7-8,12H,5-6,9H2,1H3,(H,17,21). The fourth-order valence-corrected chi connectivity index (χ4v) is 2.41. The Balaban J connectivity index is 1.65. The average Bonchev–Trinajstić information content (AvgIpc) is 3.14. The van der Waals surface area contributed by atoms with Crippen LogP contribution in [0.2, 0.25) is 5.02 Å². The SMILES string of the molecule is CN(Cc1cc(-c2cccc(Cl)c2)on1)C(=S)NC1CC1. The third kappa shape index (κ3) is 3.74. The molecular formula is C15H16ClN3OS. The van der Waals surface area contributed by atoms with Gasteiger partial charge >= 0.3 is 0 Å². The van der Waals surface area contributed by atoms with Gasteiger partial charge in [-0.3, -0.25) is 0 Å². The number of hydrogen-bond acceptors (Lipinski definition) is 3. The molecule has 0 radical (unpaired) electrons. The average molecular weight is 322 g/mol. The van der Waals surface area contributed by atoms with Crippen LogP contribution >= 0.6 is 23.8 Å². The van der Waals surface area contributed by atoms with E-state index in [0.29, 0.717) is 23.4 Å². The van der Waals surface area contributed by atoms with Crippen LogP contribution in [-0.2, 0) is 6.54 Å². The minimum atomic E-state index is 0.555. The first kappa shape index (κ1) is 14.4. The highest BCUT2D eigenvalue weighted by atomic mass is 35.5. The number of benzene rings is 1. The number of nitrogens with one attached hydrogen (secondary N) is 1. The maximum absolute atomic E-state index is 5.99. The number of aromatic nitrogens is 1. The fraction of sp³-hybridized carbons (Fsp3) is 0.333. The Labute approximate surface area is 134 Å². The molecule has 0 saturated heterocycles. The summed E-state index contributed by atoms with van der Waals surface area (Å²) >= 11 is 11.3. The lowest BCUT2D eigenvalue weighted by Crippen LogP contribution is -2.37. The van der Waals surface area contributed by atoms with Crippen LogP contribution in [0.25, 0.3) is 11.3 Å². The Morgan fingerprint density at radius 2 is 2.29 bits per heavy atom. The van der Waals surface area contributed by atoms with Gasteiger partial charge in [-0.05, 0) is 37.2 Å². The highest BCUT2D eigenvalue weighted by Crippen LogP contribution is 2.24. The van der Waals surface area contributed by atoms with Crippen molar-refractivity contribution in [3.05, 3.63) is 41.0 Å². The number of halogens is 1. The largest absolute Gasteiger partial charge is 0.360 e. The predicted octanol–water partition coefficient (Wildman–Crippen LogP) is 3.46. The van der Waals surface area contributed by atoms with Crippen molar-refractivity contribution in [1.29, 1.82) is 0 Å². The first-order chi connectivity index (χ1) is 10.1. The lowest BCUT2D eigenvalue weighted by atomic mass is 10.1. The second-order valence-electron chi connectivity index (χ2n) is 5.27. The minimum Gasteiger partial charge on any atom is -0.360 e. The zero-order chi connectivity index (χ0) is 14.8. The van der Waals surface area contributed by atoms with E-state index in [-0.39, 0.29) is 0 Å². The van der Waals surface area contributed by atoms with Crippen molar-refractivity contribution in [1.82, 2.24) is 15.4 Å². The van der Waals surface area contributed by atoms with Crippen molar-refractivity contribution in [3.8, 4) is 11.3 Å². The molecule has 1 aliphatic carbocycles. The highest BCUT2D eigenvalue weighted by molar-refractivity contribution is 7.80. The number of nitrogens with zero attached hydrogens (tertiary/aromatic N) is 2. The van der Waals surface area contributed by atoms with Crippen molar-refractivity contribution in [2.45, 2.75) is 25.4 Å². The Kier molecular flexibility index (Phi) is 4.12. The van der Waals surface area contributed by atoms with Crippen molar-refractivity contribution < 1.29 is 4.52 Å². The molecule has 0 atom stereocenters. The Morgan fingerprint density at radius 1 is 1.48 bits per heavy atom. The van der Waals surface area contributed by atoms with Crippen molar-refractivity contribution in [2.75, 3.05) is 7.05 Å². The molecule has 1 fully saturated rings. The monoisotopic (exact) mass is 321 g/mol. The summed E-state index contributed by atoms with van der Waals surface area (Å²) < 4.78 is 5.38. The van der Waals surface area contributed by atoms with Crippen LogP contribution in [-0.4, -0.2) is 28.3 Å². The highest BCUT2D eigenvalue weighted by Gasteiger charge is 2.23. The van der Waals surface area contributed by atoms with E-state index in [1.165, 1.54) is 12.8 Å². The van der Waals surface area contributed by atoms with Gasteiger partial charge in [-0.2, -0.15) is 0 Å². The molecule has 0 bridgehead atoms. The van der Waals surface area contributed by atoms with Gasteiger partial charge in [0.1, 0.15) is 5.69 Å². The van der Waals surface area contributed by atoms with Crippen molar-refractivity contribution in [2.24, 2.45) is 0 Å². The lowest BCUT2D eigenvalue weighted by Gasteiger charge is -2.19. The maximum Gasteiger partial charge on any atom is 0.169 e. The summed E-state index contributed by atoms with van der Waals surface area (Å²) in [7, 11) is 1.95. The summed E-state index contributed by atoms with van der Waals surface area (Å²) in [6.07, 6.45) is 2.41. The third-order valence-electron chi connectivity index (χ3n) is 3.32. The van der Waals surface area contributed by atoms with Crippen LogP contribution in [0.5, 0.6) is 0 Å². The van der Waals surface area contributed by atoms with E-state index in [4.69, 9.17) is 28.3 Å². The molecule has 2 aromatic rings. The van der Waals surface area contributed by atoms with Crippen LogP contribution < -0.4 is 5.32 Å². The smallest absolute Gasteiger partial charge is 0.169 e. The van der Waals surface area contributed by atoms with Crippen molar-refractivity contribution >= 4 is 28.9 Å². The first-order valence-corrected chi connectivity index (χ1v) is 7.63. The molecule has 4 nitrogen and oxygen atoms in total. The van der Waals surface area contributed by atoms with Gasteiger partial charge in [0.2, 0.25) is 0 Å². The van der Waals surface area contributed by atoms with Gasteiger partial charge in [-0.1, -0.05) is 28.9 Å². The molecule has 0 aliphatic heterocycles. The predicted molar refractivity (Wildman–Crippen MR) is 87.2 cm³/mol. The molecule has 3 rings (SSSR count). The van der Waals surface area contributed by atoms with E-state index < -0.39 is 0 Å². The van der Waals surface area contributed by atoms with Crippen LogP contribution in [0.4, 0.5) is 0 Å². The molecule has 1 aromatic carbocycles. The van der Waals surface area contributed by atoms with E-state index >= 15 is 0 Å². The van der Waals surface area contributed by atoms with Crippen LogP contribution in [0, 0.1) is 0 Å². The Morgan fingerprint density at radius 3 is 3.00 bits per heavy atom. The summed E-state index contributed by atoms with van der Waals surface area (Å²) in [6, 6.07) is 9.99. The van der Waals surface area contributed by atoms with E-state index in [2.05, 4.69) is 10.5 Å². The number of thiocarbonyl (C=S) groups is 1. The molecule has 110 valence electrons. The Bertz CT molecular complexity index is 654. The van der Waals surface area contributed by atoms with Gasteiger partial charge in [0.05, 0.1) is 6.54 Å². The molecule has 0 amide bonds. The molecule has 1 saturated carbocycles. The molecule has 1 aliphatic rings. The zero-order valence-corrected chi connectivity index (χ0v) is 13.2. The van der Waals surface area contributed by atoms with Gasteiger partial charge in [0.25, 0.3) is 0 Å². The van der Waals surface area contributed by atoms with E-state index in [9.17, 15) is 0 Å². The van der Waals surface area contributed by atoms with E-state index in [0.717, 1.165) is 16.4 Å². The second-order valence-corrected chi connectivity index (χ2v) is 6.10. The van der Waals surface area contributed by atoms with E-state index in [1.54, 1.807) is 0 Å². The molecule has 1 N–H and O–H groups in total. The number of rotatable bonds is 4. The van der Waals surface area contributed by atoms with Crippen molar-refractivity contribution in [3.63, 3.8) is 0 Å².